The van der Waals surface area contributed by atoms with Crippen LogP contribution in [-0.4, -0.2) is 28.2 Å². The lowest BCUT2D eigenvalue weighted by atomic mass is 9.96. The number of aliphatic hydroxyl groups is 1. The lowest BCUT2D eigenvalue weighted by molar-refractivity contribution is 0.141. The van der Waals surface area contributed by atoms with E-state index in [9.17, 15) is 13.9 Å². The van der Waals surface area contributed by atoms with Gasteiger partial charge in [0, 0.05) is 24.5 Å². The minimum absolute atomic E-state index is 0.0496. The minimum atomic E-state index is -2.73. The highest BCUT2D eigenvalue weighted by Gasteiger charge is 2.16. The van der Waals surface area contributed by atoms with E-state index in [0.717, 1.165) is 5.56 Å². The molecule has 1 atom stereocenters. The first kappa shape index (κ1) is 17.2. The van der Waals surface area contributed by atoms with Crippen molar-refractivity contribution < 1.29 is 13.9 Å². The molecule has 0 saturated heterocycles. The molecule has 1 unspecified atom stereocenters. The molecule has 0 saturated carbocycles. The molecule has 130 valence electrons. The molecule has 0 amide bonds. The van der Waals surface area contributed by atoms with E-state index in [-0.39, 0.29) is 12.5 Å². The molecule has 0 radical (unpaired) electrons. The van der Waals surface area contributed by atoms with Crippen molar-refractivity contribution in [3.8, 4) is 0 Å². The fraction of sp³-hybridized carbons (Fsp3) is 0.263. The van der Waals surface area contributed by atoms with Gasteiger partial charge < -0.3 is 10.4 Å². The number of fused-ring (bicyclic) bond motifs is 1. The van der Waals surface area contributed by atoms with Gasteiger partial charge in [-0.25, -0.2) is 18.7 Å². The van der Waals surface area contributed by atoms with Crippen molar-refractivity contribution in [1.82, 2.24) is 9.97 Å². The molecule has 6 heteroatoms. The van der Waals surface area contributed by atoms with Gasteiger partial charge in [0.2, 0.25) is 0 Å². The molecule has 0 bridgehead atoms. The summed E-state index contributed by atoms with van der Waals surface area (Å²) in [4.78, 5) is 7.91. The first-order valence-corrected chi connectivity index (χ1v) is 8.13. The summed E-state index contributed by atoms with van der Waals surface area (Å²) in [5, 5.41) is 13.2. The Balaban J connectivity index is 1.88. The first-order chi connectivity index (χ1) is 12.2. The second-order valence-electron chi connectivity index (χ2n) is 5.75. The third-order valence-corrected chi connectivity index (χ3v) is 4.08. The number of halogens is 2. The number of para-hydroxylation sites is 1. The smallest absolute Gasteiger partial charge is 0.297 e. The number of aromatic nitrogens is 2. The van der Waals surface area contributed by atoms with Gasteiger partial charge in [-0.2, -0.15) is 0 Å². The molecule has 0 aliphatic rings. The first-order valence-electron chi connectivity index (χ1n) is 8.13. The second-order valence-corrected chi connectivity index (χ2v) is 5.75. The molecule has 25 heavy (non-hydrogen) atoms. The average Bonchev–Trinajstić information content (AvgIpc) is 2.65. The maximum Gasteiger partial charge on any atom is 0.297 e. The maximum atomic E-state index is 13.1. The zero-order valence-electron chi connectivity index (χ0n) is 13.6. The van der Waals surface area contributed by atoms with Crippen molar-refractivity contribution in [2.24, 2.45) is 0 Å². The topological polar surface area (TPSA) is 58.0 Å². The highest BCUT2D eigenvalue weighted by molar-refractivity contribution is 5.89. The Labute approximate surface area is 144 Å². The van der Waals surface area contributed by atoms with Gasteiger partial charge in [-0.15, -0.1) is 0 Å². The van der Waals surface area contributed by atoms with Crippen molar-refractivity contribution in [2.45, 2.75) is 18.8 Å². The minimum Gasteiger partial charge on any atom is -0.396 e. The monoisotopic (exact) mass is 343 g/mol. The highest BCUT2D eigenvalue weighted by atomic mass is 19.3. The van der Waals surface area contributed by atoms with Crippen LogP contribution in [0.25, 0.3) is 10.9 Å². The molecular weight excluding hydrogens is 324 g/mol. The van der Waals surface area contributed by atoms with Gasteiger partial charge in [0.25, 0.3) is 6.43 Å². The van der Waals surface area contributed by atoms with Gasteiger partial charge in [0.05, 0.1) is 5.52 Å². The van der Waals surface area contributed by atoms with Crippen LogP contribution < -0.4 is 5.32 Å². The van der Waals surface area contributed by atoms with Crippen LogP contribution in [0.5, 0.6) is 0 Å². The predicted molar refractivity (Wildman–Crippen MR) is 93.9 cm³/mol. The Kier molecular flexibility index (Phi) is 5.50. The predicted octanol–water partition coefficient (Wildman–Crippen LogP) is 4.15. The van der Waals surface area contributed by atoms with E-state index in [0.29, 0.717) is 29.7 Å². The Hall–Kier alpha value is -2.60. The molecule has 0 spiro atoms. The summed E-state index contributed by atoms with van der Waals surface area (Å²) in [5.41, 5.74) is 1.56. The SMILES string of the molecule is OCCC(CNc1nc(C(F)F)nc2ccccc12)c1ccccc1. The van der Waals surface area contributed by atoms with Gasteiger partial charge in [-0.1, -0.05) is 42.5 Å². The largest absolute Gasteiger partial charge is 0.396 e. The number of anilines is 1. The van der Waals surface area contributed by atoms with Crippen molar-refractivity contribution in [1.29, 1.82) is 0 Å². The fourth-order valence-electron chi connectivity index (χ4n) is 2.81. The summed E-state index contributed by atoms with van der Waals surface area (Å²) in [6.07, 6.45) is -2.16. The van der Waals surface area contributed by atoms with E-state index >= 15 is 0 Å². The number of hydrogen-bond donors (Lipinski definition) is 2. The summed E-state index contributed by atoms with van der Waals surface area (Å²) in [6, 6.07) is 16.9. The van der Waals surface area contributed by atoms with Crippen LogP contribution in [0.4, 0.5) is 14.6 Å². The average molecular weight is 343 g/mol. The van der Waals surface area contributed by atoms with E-state index in [1.165, 1.54) is 0 Å². The third-order valence-electron chi connectivity index (χ3n) is 4.08. The van der Waals surface area contributed by atoms with Crippen LogP contribution in [0.2, 0.25) is 0 Å². The van der Waals surface area contributed by atoms with Gasteiger partial charge in [-0.05, 0) is 24.1 Å². The quantitative estimate of drug-likeness (QED) is 0.677. The van der Waals surface area contributed by atoms with E-state index in [2.05, 4.69) is 15.3 Å². The number of benzene rings is 2. The molecule has 1 heterocycles. The Morgan fingerprint density at radius 1 is 0.960 bits per heavy atom. The number of nitrogens with one attached hydrogen (secondary N) is 1. The van der Waals surface area contributed by atoms with Crippen LogP contribution >= 0.6 is 0 Å². The lowest BCUT2D eigenvalue weighted by Crippen LogP contribution is -2.16. The normalized spacial score (nSPS) is 12.5. The van der Waals surface area contributed by atoms with Gasteiger partial charge >= 0.3 is 0 Å². The van der Waals surface area contributed by atoms with E-state index in [1.54, 1.807) is 18.2 Å². The molecule has 4 nitrogen and oxygen atoms in total. The van der Waals surface area contributed by atoms with Crippen LogP contribution in [0.1, 0.15) is 30.2 Å². The van der Waals surface area contributed by atoms with Crippen LogP contribution in [-0.2, 0) is 0 Å². The molecule has 0 aliphatic heterocycles. The van der Waals surface area contributed by atoms with Gasteiger partial charge in [0.15, 0.2) is 5.82 Å². The van der Waals surface area contributed by atoms with Crippen LogP contribution in [0.3, 0.4) is 0 Å². The second kappa shape index (κ2) is 7.98. The fourth-order valence-corrected chi connectivity index (χ4v) is 2.81. The van der Waals surface area contributed by atoms with Crippen molar-refractivity contribution in [3.63, 3.8) is 0 Å². The van der Waals surface area contributed by atoms with Gasteiger partial charge in [0.1, 0.15) is 5.82 Å². The van der Waals surface area contributed by atoms with E-state index < -0.39 is 12.2 Å². The summed E-state index contributed by atoms with van der Waals surface area (Å²) in [7, 11) is 0. The summed E-state index contributed by atoms with van der Waals surface area (Å²) in [5.74, 6) is -0.0469. The summed E-state index contributed by atoms with van der Waals surface area (Å²) in [6.45, 7) is 0.530. The number of hydrogen-bond acceptors (Lipinski definition) is 4. The molecule has 2 aromatic carbocycles. The van der Waals surface area contributed by atoms with Crippen LogP contribution in [0.15, 0.2) is 54.6 Å². The number of alkyl halides is 2. The standard InChI is InChI=1S/C19H19F2N3O/c20-17(21)19-23-16-9-5-4-8-15(16)18(24-19)22-12-14(10-11-25)13-6-2-1-3-7-13/h1-9,14,17,25H,10-12H2,(H,22,23,24). The molecule has 1 aromatic heterocycles. The number of rotatable bonds is 7. The van der Waals surface area contributed by atoms with Crippen molar-refractivity contribution in [2.75, 3.05) is 18.5 Å². The molecule has 0 aliphatic carbocycles. The Morgan fingerprint density at radius 2 is 1.68 bits per heavy atom. The molecule has 2 N–H and O–H groups in total. The third kappa shape index (κ3) is 4.09. The Bertz CT molecular complexity index is 827. The molecular formula is C19H19F2N3O. The number of aliphatic hydroxyl groups excluding tert-OH is 1. The van der Waals surface area contributed by atoms with Gasteiger partial charge in [-0.3, -0.25) is 0 Å². The van der Waals surface area contributed by atoms with Crippen LogP contribution in [0, 0.1) is 0 Å². The summed E-state index contributed by atoms with van der Waals surface area (Å²) < 4.78 is 26.1. The summed E-state index contributed by atoms with van der Waals surface area (Å²) >= 11 is 0. The van der Waals surface area contributed by atoms with E-state index in [4.69, 9.17) is 0 Å². The molecule has 3 aromatic rings. The lowest BCUT2D eigenvalue weighted by Gasteiger charge is -2.18. The number of nitrogens with zero attached hydrogens (tertiary/aromatic N) is 2. The Morgan fingerprint density at radius 3 is 2.40 bits per heavy atom. The maximum absolute atomic E-state index is 13.1. The van der Waals surface area contributed by atoms with Crippen molar-refractivity contribution in [3.05, 3.63) is 66.0 Å². The van der Waals surface area contributed by atoms with Crippen molar-refractivity contribution >= 4 is 16.7 Å². The zero-order valence-corrected chi connectivity index (χ0v) is 13.6. The van der Waals surface area contributed by atoms with E-state index in [1.807, 2.05) is 36.4 Å². The highest BCUT2D eigenvalue weighted by Crippen LogP contribution is 2.26. The molecule has 0 fully saturated rings. The molecule has 3 rings (SSSR count). The zero-order chi connectivity index (χ0) is 17.6.